The molecule has 0 saturated heterocycles. The minimum absolute atomic E-state index is 0.0612. The number of aromatic carboxylic acids is 1. The van der Waals surface area contributed by atoms with Gasteiger partial charge in [-0.15, -0.1) is 0 Å². The Bertz CT molecular complexity index is 498. The summed E-state index contributed by atoms with van der Waals surface area (Å²) in [6, 6.07) is 3.44. The molecule has 0 unspecified atom stereocenters. The number of carboxylic acids is 1. The maximum atomic E-state index is 13.9. The molecule has 20 heavy (non-hydrogen) atoms. The lowest BCUT2D eigenvalue weighted by atomic mass is 10.1. The number of hydrogen-bond acceptors (Lipinski definition) is 2. The molecule has 0 atom stereocenters. The van der Waals surface area contributed by atoms with Crippen molar-refractivity contribution >= 4 is 11.9 Å². The van der Waals surface area contributed by atoms with Crippen LogP contribution in [0.2, 0.25) is 0 Å². The van der Waals surface area contributed by atoms with Crippen molar-refractivity contribution in [1.29, 1.82) is 0 Å². The Hall–Kier alpha value is -1.91. The van der Waals surface area contributed by atoms with Crippen LogP contribution in [-0.4, -0.2) is 34.5 Å². The lowest BCUT2D eigenvalue weighted by Crippen LogP contribution is -2.40. The molecule has 110 valence electrons. The first kappa shape index (κ1) is 16.1. The molecule has 1 rings (SSSR count). The van der Waals surface area contributed by atoms with Gasteiger partial charge in [0.1, 0.15) is 5.82 Å². The summed E-state index contributed by atoms with van der Waals surface area (Å²) in [5.74, 6) is -2.40. The van der Waals surface area contributed by atoms with Gasteiger partial charge in [0.15, 0.2) is 0 Å². The molecule has 4 nitrogen and oxygen atoms in total. The minimum Gasteiger partial charge on any atom is -0.478 e. The van der Waals surface area contributed by atoms with E-state index in [-0.39, 0.29) is 17.2 Å². The van der Waals surface area contributed by atoms with Gasteiger partial charge in [0.25, 0.3) is 5.91 Å². The monoisotopic (exact) mass is 281 g/mol. The minimum atomic E-state index is -1.21. The number of halogens is 1. The molecule has 0 heterocycles. The molecule has 0 aliphatic carbocycles. The van der Waals surface area contributed by atoms with Gasteiger partial charge in [0.05, 0.1) is 11.1 Å². The van der Waals surface area contributed by atoms with Crippen LogP contribution in [0, 0.1) is 5.82 Å². The lowest BCUT2D eigenvalue weighted by molar-refractivity contribution is 0.0667. The Balaban J connectivity index is 3.10. The predicted octanol–water partition coefficient (Wildman–Crippen LogP) is 3.17. The first-order valence-electron chi connectivity index (χ1n) is 6.79. The van der Waals surface area contributed by atoms with E-state index in [1.807, 2.05) is 20.8 Å². The summed E-state index contributed by atoms with van der Waals surface area (Å²) >= 11 is 0. The van der Waals surface area contributed by atoms with E-state index in [0.29, 0.717) is 6.54 Å². The smallest absolute Gasteiger partial charge is 0.335 e. The fourth-order valence-electron chi connectivity index (χ4n) is 2.27. The Morgan fingerprint density at radius 2 is 1.85 bits per heavy atom. The molecular weight excluding hydrogens is 261 g/mol. The maximum Gasteiger partial charge on any atom is 0.335 e. The molecule has 0 aliphatic rings. The topological polar surface area (TPSA) is 57.6 Å². The van der Waals surface area contributed by atoms with E-state index >= 15 is 0 Å². The number of carbonyl (C=O) groups is 2. The zero-order valence-electron chi connectivity index (χ0n) is 12.0. The average molecular weight is 281 g/mol. The fraction of sp³-hybridized carbons (Fsp3) is 0.467. The number of amides is 1. The molecular formula is C15H20FNO3. The van der Waals surface area contributed by atoms with E-state index in [1.165, 1.54) is 12.1 Å². The first-order valence-corrected chi connectivity index (χ1v) is 6.79. The summed E-state index contributed by atoms with van der Waals surface area (Å²) in [6.07, 6.45) is 1.59. The molecule has 5 heteroatoms. The first-order chi connectivity index (χ1) is 9.46. The third-order valence-electron chi connectivity index (χ3n) is 3.43. The fourth-order valence-corrected chi connectivity index (χ4v) is 2.27. The highest BCUT2D eigenvalue weighted by Crippen LogP contribution is 2.17. The maximum absolute atomic E-state index is 13.9. The number of carbonyl (C=O) groups excluding carboxylic acids is 1. The third kappa shape index (κ3) is 3.35. The van der Waals surface area contributed by atoms with Crippen LogP contribution < -0.4 is 0 Å². The summed E-state index contributed by atoms with van der Waals surface area (Å²) in [5, 5.41) is 8.80. The van der Waals surface area contributed by atoms with Crippen LogP contribution in [0.15, 0.2) is 18.2 Å². The van der Waals surface area contributed by atoms with Crippen molar-refractivity contribution in [2.45, 2.75) is 39.7 Å². The number of benzene rings is 1. The third-order valence-corrected chi connectivity index (χ3v) is 3.43. The Kier molecular flexibility index (Phi) is 5.67. The molecule has 0 aliphatic heterocycles. The Morgan fingerprint density at radius 3 is 2.25 bits per heavy atom. The Morgan fingerprint density at radius 1 is 1.25 bits per heavy atom. The van der Waals surface area contributed by atoms with Crippen molar-refractivity contribution < 1.29 is 19.1 Å². The second-order valence-electron chi connectivity index (χ2n) is 4.56. The zero-order valence-corrected chi connectivity index (χ0v) is 12.0. The normalized spacial score (nSPS) is 10.7. The molecule has 0 saturated carbocycles. The van der Waals surface area contributed by atoms with E-state index in [1.54, 1.807) is 4.90 Å². The summed E-state index contributed by atoms with van der Waals surface area (Å²) in [5.41, 5.74) is -0.242. The van der Waals surface area contributed by atoms with E-state index in [0.717, 1.165) is 18.9 Å². The van der Waals surface area contributed by atoms with E-state index < -0.39 is 17.7 Å². The quantitative estimate of drug-likeness (QED) is 0.871. The van der Waals surface area contributed by atoms with Crippen molar-refractivity contribution in [3.05, 3.63) is 35.1 Å². The van der Waals surface area contributed by atoms with Crippen LogP contribution in [0.4, 0.5) is 4.39 Å². The SMILES string of the molecule is CCC(CC)N(CC)C(=O)c1ccc(C(=O)O)cc1F. The molecule has 0 bridgehead atoms. The summed E-state index contributed by atoms with van der Waals surface area (Å²) in [4.78, 5) is 24.8. The summed E-state index contributed by atoms with van der Waals surface area (Å²) < 4.78 is 13.9. The molecule has 1 amide bonds. The standard InChI is InChI=1S/C15H20FNO3/c1-4-11(5-2)17(6-3)14(18)12-8-7-10(15(19)20)9-13(12)16/h7-9,11H,4-6H2,1-3H3,(H,19,20). The average Bonchev–Trinajstić information content (AvgIpc) is 2.43. The van der Waals surface area contributed by atoms with Crippen molar-refractivity contribution in [1.82, 2.24) is 4.90 Å². The number of hydrogen-bond donors (Lipinski definition) is 1. The number of nitrogens with zero attached hydrogens (tertiary/aromatic N) is 1. The van der Waals surface area contributed by atoms with Gasteiger partial charge in [0.2, 0.25) is 0 Å². The summed E-state index contributed by atoms with van der Waals surface area (Å²) in [7, 11) is 0. The van der Waals surface area contributed by atoms with Crippen LogP contribution in [0.1, 0.15) is 54.3 Å². The van der Waals surface area contributed by atoms with Gasteiger partial charge >= 0.3 is 5.97 Å². The van der Waals surface area contributed by atoms with Gasteiger partial charge in [0, 0.05) is 12.6 Å². The van der Waals surface area contributed by atoms with Gasteiger partial charge in [-0.3, -0.25) is 4.79 Å². The van der Waals surface area contributed by atoms with Gasteiger partial charge < -0.3 is 10.0 Å². The summed E-state index contributed by atoms with van der Waals surface area (Å²) in [6.45, 7) is 6.30. The molecule has 0 spiro atoms. The predicted molar refractivity (Wildman–Crippen MR) is 74.4 cm³/mol. The van der Waals surface area contributed by atoms with Crippen molar-refractivity contribution in [3.63, 3.8) is 0 Å². The number of rotatable bonds is 6. The second-order valence-corrected chi connectivity index (χ2v) is 4.56. The van der Waals surface area contributed by atoms with Crippen LogP contribution in [0.3, 0.4) is 0 Å². The van der Waals surface area contributed by atoms with Crippen molar-refractivity contribution in [2.75, 3.05) is 6.54 Å². The molecule has 1 aromatic rings. The number of carboxylic acid groups (broad SMARTS) is 1. The highest BCUT2D eigenvalue weighted by atomic mass is 19.1. The highest BCUT2D eigenvalue weighted by molar-refractivity contribution is 5.96. The van der Waals surface area contributed by atoms with Crippen LogP contribution in [0.25, 0.3) is 0 Å². The van der Waals surface area contributed by atoms with Crippen LogP contribution in [0.5, 0.6) is 0 Å². The second kappa shape index (κ2) is 7.03. The molecule has 0 radical (unpaired) electrons. The van der Waals surface area contributed by atoms with Gasteiger partial charge in [-0.05, 0) is 38.0 Å². The molecule has 1 aromatic carbocycles. The van der Waals surface area contributed by atoms with Gasteiger partial charge in [-0.1, -0.05) is 13.8 Å². The van der Waals surface area contributed by atoms with Crippen LogP contribution in [-0.2, 0) is 0 Å². The van der Waals surface area contributed by atoms with Gasteiger partial charge in [-0.25, -0.2) is 9.18 Å². The Labute approximate surface area is 118 Å². The highest BCUT2D eigenvalue weighted by Gasteiger charge is 2.23. The molecule has 1 N–H and O–H groups in total. The van der Waals surface area contributed by atoms with Gasteiger partial charge in [-0.2, -0.15) is 0 Å². The zero-order chi connectivity index (χ0) is 15.3. The van der Waals surface area contributed by atoms with E-state index in [2.05, 4.69) is 0 Å². The molecule has 0 fully saturated rings. The van der Waals surface area contributed by atoms with Crippen molar-refractivity contribution in [3.8, 4) is 0 Å². The van der Waals surface area contributed by atoms with E-state index in [9.17, 15) is 14.0 Å². The van der Waals surface area contributed by atoms with Crippen LogP contribution >= 0.6 is 0 Å². The lowest BCUT2D eigenvalue weighted by Gasteiger charge is -2.29. The molecule has 0 aromatic heterocycles. The van der Waals surface area contributed by atoms with Crippen molar-refractivity contribution in [2.24, 2.45) is 0 Å². The van der Waals surface area contributed by atoms with E-state index in [4.69, 9.17) is 5.11 Å². The largest absolute Gasteiger partial charge is 0.478 e.